The zero-order valence-corrected chi connectivity index (χ0v) is 5.48. The lowest BCUT2D eigenvalue weighted by Crippen LogP contribution is -2.53. The third-order valence-electron chi connectivity index (χ3n) is 1.46. The number of aliphatic hydroxyl groups is 1. The molecule has 58 valence electrons. The zero-order valence-electron chi connectivity index (χ0n) is 5.48. The minimum absolute atomic E-state index is 0.104. The highest BCUT2D eigenvalue weighted by molar-refractivity contribution is 5.90. The van der Waals surface area contributed by atoms with Gasteiger partial charge in [0.05, 0.1) is 6.08 Å². The van der Waals surface area contributed by atoms with Crippen molar-refractivity contribution in [2.75, 3.05) is 0 Å². The number of hydrogen-bond acceptors (Lipinski definition) is 5. The number of hydrazone groups is 1. The molecular formula is C5H6N4O2. The van der Waals surface area contributed by atoms with Gasteiger partial charge in [0.2, 0.25) is 12.2 Å². The largest absolute Gasteiger partial charge is 0.494 e. The molecule has 0 radical (unpaired) electrons. The van der Waals surface area contributed by atoms with Crippen LogP contribution in [-0.4, -0.2) is 28.5 Å². The van der Waals surface area contributed by atoms with E-state index in [2.05, 4.69) is 15.8 Å². The van der Waals surface area contributed by atoms with Crippen LogP contribution in [0.25, 0.3) is 0 Å². The number of amides is 1. The van der Waals surface area contributed by atoms with Gasteiger partial charge in [-0.3, -0.25) is 15.1 Å². The van der Waals surface area contributed by atoms with Crippen LogP contribution in [0, 0.1) is 0 Å². The Morgan fingerprint density at radius 3 is 3.36 bits per heavy atom. The van der Waals surface area contributed by atoms with Crippen LogP contribution in [0.5, 0.6) is 0 Å². The van der Waals surface area contributed by atoms with Crippen LogP contribution in [0.2, 0.25) is 0 Å². The van der Waals surface area contributed by atoms with Gasteiger partial charge in [0.15, 0.2) is 0 Å². The lowest BCUT2D eigenvalue weighted by atomic mass is 10.4. The molecule has 0 aromatic rings. The van der Waals surface area contributed by atoms with Crippen LogP contribution < -0.4 is 10.7 Å². The van der Waals surface area contributed by atoms with E-state index in [0.29, 0.717) is 0 Å². The van der Waals surface area contributed by atoms with Gasteiger partial charge in [0, 0.05) is 0 Å². The summed E-state index contributed by atoms with van der Waals surface area (Å²) in [5.41, 5.74) is 2.58. The number of nitrogens with one attached hydrogen (secondary N) is 2. The molecule has 0 aromatic heterocycles. The lowest BCUT2D eigenvalue weighted by Gasteiger charge is -2.26. The SMILES string of the molecule is O=C1C=C(O)N2C=NNC2N1. The van der Waals surface area contributed by atoms with Crippen molar-refractivity contribution in [3.63, 3.8) is 0 Å². The summed E-state index contributed by atoms with van der Waals surface area (Å²) in [4.78, 5) is 12.2. The Kier molecular flexibility index (Phi) is 1.03. The van der Waals surface area contributed by atoms with Crippen molar-refractivity contribution < 1.29 is 9.90 Å². The van der Waals surface area contributed by atoms with Crippen molar-refractivity contribution in [2.45, 2.75) is 6.29 Å². The Labute approximate surface area is 62.2 Å². The van der Waals surface area contributed by atoms with E-state index in [0.717, 1.165) is 6.08 Å². The highest BCUT2D eigenvalue weighted by Gasteiger charge is 2.28. The number of carbonyl (C=O) groups excluding carboxylic acids is 1. The highest BCUT2D eigenvalue weighted by atomic mass is 16.3. The molecule has 6 nitrogen and oxygen atoms in total. The minimum Gasteiger partial charge on any atom is -0.494 e. The smallest absolute Gasteiger partial charge is 0.252 e. The van der Waals surface area contributed by atoms with Gasteiger partial charge < -0.3 is 10.4 Å². The standard InChI is InChI=1S/C5H6N4O2/c10-3-1-4(11)9-2-6-8-5(9)7-3/h1-2,5,8,11H,(H,7,10). The van der Waals surface area contributed by atoms with Crippen LogP contribution in [0.4, 0.5) is 0 Å². The molecule has 1 amide bonds. The van der Waals surface area contributed by atoms with E-state index in [-0.39, 0.29) is 11.8 Å². The molecule has 1 atom stereocenters. The van der Waals surface area contributed by atoms with Gasteiger partial charge in [0.1, 0.15) is 6.34 Å². The number of hydrogen-bond donors (Lipinski definition) is 3. The minimum atomic E-state index is -0.438. The molecule has 2 heterocycles. The van der Waals surface area contributed by atoms with Crippen LogP contribution in [0.15, 0.2) is 17.1 Å². The van der Waals surface area contributed by atoms with E-state index >= 15 is 0 Å². The molecule has 2 aliphatic heterocycles. The summed E-state index contributed by atoms with van der Waals surface area (Å²) in [5.74, 6) is -0.436. The summed E-state index contributed by atoms with van der Waals surface area (Å²) in [5, 5.41) is 15.3. The number of nitrogens with zero attached hydrogens (tertiary/aromatic N) is 2. The summed E-state index contributed by atoms with van der Waals surface area (Å²) >= 11 is 0. The molecule has 0 fully saturated rings. The van der Waals surface area contributed by atoms with Gasteiger partial charge >= 0.3 is 0 Å². The number of fused-ring (bicyclic) bond motifs is 1. The van der Waals surface area contributed by atoms with Crippen LogP contribution in [0.1, 0.15) is 0 Å². The molecule has 3 N–H and O–H groups in total. The predicted octanol–water partition coefficient (Wildman–Crippen LogP) is -1.35. The average Bonchev–Trinajstić information content (AvgIpc) is 2.34. The van der Waals surface area contributed by atoms with Gasteiger partial charge in [-0.1, -0.05) is 0 Å². The lowest BCUT2D eigenvalue weighted by molar-refractivity contribution is -0.119. The maximum absolute atomic E-state index is 10.7. The fraction of sp³-hybridized carbons (Fsp3) is 0.200. The zero-order chi connectivity index (χ0) is 7.84. The van der Waals surface area contributed by atoms with Crippen LogP contribution in [-0.2, 0) is 4.79 Å². The molecule has 11 heavy (non-hydrogen) atoms. The van der Waals surface area contributed by atoms with Gasteiger partial charge in [0.25, 0.3) is 5.91 Å². The Bertz CT molecular complexity index is 259. The summed E-state index contributed by atoms with van der Waals surface area (Å²) < 4.78 is 0. The number of aliphatic hydroxyl groups excluding tert-OH is 1. The first-order valence-electron chi connectivity index (χ1n) is 3.05. The highest BCUT2D eigenvalue weighted by Crippen LogP contribution is 2.08. The second-order valence-corrected chi connectivity index (χ2v) is 2.19. The Morgan fingerprint density at radius 2 is 2.55 bits per heavy atom. The second-order valence-electron chi connectivity index (χ2n) is 2.19. The maximum atomic E-state index is 10.7. The van der Waals surface area contributed by atoms with Gasteiger partial charge in [-0.05, 0) is 0 Å². The molecule has 0 saturated heterocycles. The summed E-state index contributed by atoms with van der Waals surface area (Å²) in [6, 6.07) is 0. The fourth-order valence-electron chi connectivity index (χ4n) is 0.956. The molecular weight excluding hydrogens is 148 g/mol. The third-order valence-corrected chi connectivity index (χ3v) is 1.46. The van der Waals surface area contributed by atoms with Crippen LogP contribution >= 0.6 is 0 Å². The van der Waals surface area contributed by atoms with E-state index in [9.17, 15) is 4.79 Å². The molecule has 0 aliphatic carbocycles. The fourth-order valence-corrected chi connectivity index (χ4v) is 0.956. The monoisotopic (exact) mass is 154 g/mol. The number of rotatable bonds is 0. The van der Waals surface area contributed by atoms with E-state index in [4.69, 9.17) is 5.11 Å². The van der Waals surface area contributed by atoms with Gasteiger partial charge in [-0.15, -0.1) is 0 Å². The van der Waals surface area contributed by atoms with Crippen molar-refractivity contribution in [3.05, 3.63) is 12.0 Å². The molecule has 2 aliphatic rings. The Hall–Kier alpha value is -1.72. The molecule has 2 rings (SSSR count). The van der Waals surface area contributed by atoms with Gasteiger partial charge in [-0.2, -0.15) is 5.10 Å². The quantitative estimate of drug-likeness (QED) is 0.403. The summed E-state index contributed by atoms with van der Waals surface area (Å²) in [7, 11) is 0. The third kappa shape index (κ3) is 0.794. The topological polar surface area (TPSA) is 77.0 Å². The predicted molar refractivity (Wildman–Crippen MR) is 36.1 cm³/mol. The van der Waals surface area contributed by atoms with Crippen LogP contribution in [0.3, 0.4) is 0 Å². The van der Waals surface area contributed by atoms with E-state index in [1.165, 1.54) is 11.2 Å². The van der Waals surface area contributed by atoms with Crippen molar-refractivity contribution in [1.82, 2.24) is 15.6 Å². The van der Waals surface area contributed by atoms with E-state index < -0.39 is 6.29 Å². The molecule has 0 spiro atoms. The Balaban J connectivity index is 2.30. The van der Waals surface area contributed by atoms with Gasteiger partial charge in [-0.25, -0.2) is 0 Å². The maximum Gasteiger partial charge on any atom is 0.252 e. The van der Waals surface area contributed by atoms with Crippen molar-refractivity contribution >= 4 is 12.2 Å². The van der Waals surface area contributed by atoms with Crippen molar-refractivity contribution in [3.8, 4) is 0 Å². The molecule has 1 unspecified atom stereocenters. The normalized spacial score (nSPS) is 27.3. The summed E-state index contributed by atoms with van der Waals surface area (Å²) in [6.45, 7) is 0. The first-order chi connectivity index (χ1) is 5.27. The van der Waals surface area contributed by atoms with E-state index in [1.54, 1.807) is 0 Å². The summed E-state index contributed by atoms with van der Waals surface area (Å²) in [6.07, 6.45) is 2.05. The molecule has 0 bridgehead atoms. The Morgan fingerprint density at radius 1 is 1.73 bits per heavy atom. The van der Waals surface area contributed by atoms with Crippen molar-refractivity contribution in [2.24, 2.45) is 5.10 Å². The average molecular weight is 154 g/mol. The molecule has 0 aromatic carbocycles. The van der Waals surface area contributed by atoms with E-state index in [1.807, 2.05) is 0 Å². The first-order valence-corrected chi connectivity index (χ1v) is 3.05. The van der Waals surface area contributed by atoms with Crippen molar-refractivity contribution in [1.29, 1.82) is 0 Å². The number of carbonyl (C=O) groups is 1. The molecule has 0 saturated carbocycles. The second kappa shape index (κ2) is 1.88. The molecule has 6 heteroatoms. The first kappa shape index (κ1) is 6.02.